The van der Waals surface area contributed by atoms with E-state index in [2.05, 4.69) is 11.7 Å². The van der Waals surface area contributed by atoms with Crippen molar-refractivity contribution in [1.82, 2.24) is 0 Å². The average molecular weight is 238 g/mol. The van der Waals surface area contributed by atoms with Crippen LogP contribution in [0.2, 0.25) is 0 Å². The third kappa shape index (κ3) is 8.21. The van der Waals surface area contributed by atoms with Crippen LogP contribution in [0.5, 0.6) is 0 Å². The monoisotopic (exact) mass is 237 g/mol. The van der Waals surface area contributed by atoms with Crippen molar-refractivity contribution < 1.29 is 31.9 Å². The van der Waals surface area contributed by atoms with Crippen LogP contribution in [0, 0.1) is 0 Å². The normalized spacial score (nSPS) is 8.20. The summed E-state index contributed by atoms with van der Waals surface area (Å²) in [5, 5.41) is 0. The van der Waals surface area contributed by atoms with E-state index in [1.807, 2.05) is 0 Å². The molecule has 0 heterocycles. The zero-order chi connectivity index (χ0) is 7.11. The molecule has 0 rings (SSSR count). The summed E-state index contributed by atoms with van der Waals surface area (Å²) in [5.74, 6) is -0.0940. The van der Waals surface area contributed by atoms with Crippen LogP contribution in [-0.4, -0.2) is 13.1 Å². The van der Waals surface area contributed by atoms with Crippen molar-refractivity contribution in [3.8, 4) is 0 Å². The minimum Gasteiger partial charge on any atom is -0.469 e. The molecule has 0 atom stereocenters. The van der Waals surface area contributed by atoms with Crippen LogP contribution >= 0.6 is 0 Å². The predicted octanol–water partition coefficient (Wildman–Crippen LogP) is 1.74. The van der Waals surface area contributed by atoms with Gasteiger partial charge in [-0.15, -0.1) is 0 Å². The summed E-state index contributed by atoms with van der Waals surface area (Å²) in [5.41, 5.74) is 0. The van der Waals surface area contributed by atoms with Crippen molar-refractivity contribution in [2.75, 3.05) is 7.11 Å². The number of carbonyl (C=O) groups is 1. The molecule has 0 spiro atoms. The zero-order valence-corrected chi connectivity index (χ0v) is 7.93. The standard InChI is InChI=1S/C7H14O2.Ag/c1-3-4-5-6-7(8)9-2;/h3-6H2,1-2H3;. The van der Waals surface area contributed by atoms with Gasteiger partial charge in [0, 0.05) is 28.8 Å². The number of hydrogen-bond donors (Lipinski definition) is 0. The molecule has 0 aromatic carbocycles. The Morgan fingerprint density at radius 2 is 2.00 bits per heavy atom. The number of esters is 1. The van der Waals surface area contributed by atoms with Gasteiger partial charge in [0.25, 0.3) is 0 Å². The molecule has 0 saturated carbocycles. The fraction of sp³-hybridized carbons (Fsp3) is 0.857. The van der Waals surface area contributed by atoms with Crippen molar-refractivity contribution >= 4 is 5.97 Å². The number of unbranched alkanes of at least 4 members (excludes halogenated alkanes) is 2. The van der Waals surface area contributed by atoms with Crippen LogP contribution in [0.1, 0.15) is 32.6 Å². The third-order valence-corrected chi connectivity index (χ3v) is 1.21. The molecule has 10 heavy (non-hydrogen) atoms. The van der Waals surface area contributed by atoms with E-state index in [-0.39, 0.29) is 28.3 Å². The minimum atomic E-state index is -0.0940. The van der Waals surface area contributed by atoms with E-state index in [0.29, 0.717) is 6.42 Å². The number of hydrogen-bond acceptors (Lipinski definition) is 2. The van der Waals surface area contributed by atoms with Gasteiger partial charge >= 0.3 is 5.97 Å². The van der Waals surface area contributed by atoms with Crippen LogP contribution in [0.25, 0.3) is 0 Å². The van der Waals surface area contributed by atoms with E-state index < -0.39 is 0 Å². The average Bonchev–Trinajstić information content (AvgIpc) is 1.89. The first-order chi connectivity index (χ1) is 4.31. The smallest absolute Gasteiger partial charge is 0.305 e. The van der Waals surface area contributed by atoms with Crippen LogP contribution < -0.4 is 0 Å². The molecule has 0 amide bonds. The molecular weight excluding hydrogens is 224 g/mol. The molecule has 0 aliphatic rings. The molecule has 0 unspecified atom stereocenters. The van der Waals surface area contributed by atoms with Crippen LogP contribution in [0.4, 0.5) is 0 Å². The SMILES string of the molecule is CCCCCC(=O)OC.[Ag]. The number of methoxy groups -OCH3 is 1. The molecule has 0 aromatic rings. The van der Waals surface area contributed by atoms with Gasteiger partial charge in [-0.25, -0.2) is 0 Å². The number of ether oxygens (including phenoxy) is 1. The Kier molecular flexibility index (Phi) is 11.8. The maximum atomic E-state index is 10.5. The predicted molar refractivity (Wildman–Crippen MR) is 36.2 cm³/mol. The van der Waals surface area contributed by atoms with E-state index >= 15 is 0 Å². The molecule has 0 fully saturated rings. The molecule has 0 aliphatic heterocycles. The van der Waals surface area contributed by atoms with Gasteiger partial charge in [-0.3, -0.25) is 4.79 Å². The molecule has 2 nitrogen and oxygen atoms in total. The van der Waals surface area contributed by atoms with Gasteiger partial charge in [-0.1, -0.05) is 19.8 Å². The molecule has 0 bridgehead atoms. The maximum Gasteiger partial charge on any atom is 0.305 e. The second-order valence-electron chi connectivity index (χ2n) is 2.03. The third-order valence-electron chi connectivity index (χ3n) is 1.21. The summed E-state index contributed by atoms with van der Waals surface area (Å²) in [6, 6.07) is 0. The summed E-state index contributed by atoms with van der Waals surface area (Å²) >= 11 is 0. The van der Waals surface area contributed by atoms with Gasteiger partial charge in [0.15, 0.2) is 0 Å². The number of rotatable bonds is 4. The molecule has 3 heteroatoms. The summed E-state index contributed by atoms with van der Waals surface area (Å²) in [7, 11) is 1.42. The van der Waals surface area contributed by atoms with Crippen LogP contribution in [0.15, 0.2) is 0 Å². The van der Waals surface area contributed by atoms with E-state index in [4.69, 9.17) is 0 Å². The van der Waals surface area contributed by atoms with Gasteiger partial charge in [0.2, 0.25) is 0 Å². The van der Waals surface area contributed by atoms with Gasteiger partial charge < -0.3 is 4.74 Å². The molecule has 0 saturated heterocycles. The fourth-order valence-corrected chi connectivity index (χ4v) is 0.621. The van der Waals surface area contributed by atoms with Crippen molar-refractivity contribution in [2.24, 2.45) is 0 Å². The van der Waals surface area contributed by atoms with Gasteiger partial charge in [0.1, 0.15) is 0 Å². The van der Waals surface area contributed by atoms with Crippen molar-refractivity contribution in [3.63, 3.8) is 0 Å². The van der Waals surface area contributed by atoms with Crippen LogP contribution in [-0.2, 0) is 31.9 Å². The second-order valence-corrected chi connectivity index (χ2v) is 2.03. The van der Waals surface area contributed by atoms with Gasteiger partial charge in [-0.05, 0) is 6.42 Å². The van der Waals surface area contributed by atoms with E-state index in [1.54, 1.807) is 0 Å². The summed E-state index contributed by atoms with van der Waals surface area (Å²) in [6.07, 6.45) is 3.81. The molecule has 1 radical (unpaired) electrons. The first-order valence-corrected chi connectivity index (χ1v) is 3.38. The Morgan fingerprint density at radius 3 is 2.40 bits per heavy atom. The zero-order valence-electron chi connectivity index (χ0n) is 6.45. The largest absolute Gasteiger partial charge is 0.469 e. The topological polar surface area (TPSA) is 26.3 Å². The summed E-state index contributed by atoms with van der Waals surface area (Å²) in [6.45, 7) is 2.11. The molecule has 65 valence electrons. The fourth-order valence-electron chi connectivity index (χ4n) is 0.621. The molecule has 0 N–H and O–H groups in total. The van der Waals surface area contributed by atoms with Crippen molar-refractivity contribution in [1.29, 1.82) is 0 Å². The first kappa shape index (κ1) is 12.8. The van der Waals surface area contributed by atoms with Crippen molar-refractivity contribution in [2.45, 2.75) is 32.6 Å². The van der Waals surface area contributed by atoms with Crippen molar-refractivity contribution in [3.05, 3.63) is 0 Å². The first-order valence-electron chi connectivity index (χ1n) is 3.38. The molecule has 0 aliphatic carbocycles. The van der Waals surface area contributed by atoms with Crippen LogP contribution in [0.3, 0.4) is 0 Å². The van der Waals surface area contributed by atoms with Gasteiger partial charge in [-0.2, -0.15) is 0 Å². The Labute approximate surface area is 77.8 Å². The Bertz CT molecular complexity index is 83.7. The van der Waals surface area contributed by atoms with E-state index in [9.17, 15) is 4.79 Å². The summed E-state index contributed by atoms with van der Waals surface area (Å²) < 4.78 is 4.46. The maximum absolute atomic E-state index is 10.5. The molecular formula is C7H14AgO2. The van der Waals surface area contributed by atoms with Gasteiger partial charge in [0.05, 0.1) is 7.11 Å². The quantitative estimate of drug-likeness (QED) is 0.423. The Balaban J connectivity index is 0. The number of carbonyl (C=O) groups excluding carboxylic acids is 1. The van der Waals surface area contributed by atoms with E-state index in [1.165, 1.54) is 7.11 Å². The minimum absolute atomic E-state index is 0. The Hall–Kier alpha value is 0.210. The second kappa shape index (κ2) is 9.21. The Morgan fingerprint density at radius 1 is 1.40 bits per heavy atom. The molecule has 0 aromatic heterocycles. The van der Waals surface area contributed by atoms with E-state index in [0.717, 1.165) is 19.3 Å². The summed E-state index contributed by atoms with van der Waals surface area (Å²) in [4.78, 5) is 10.5.